The van der Waals surface area contributed by atoms with Crippen LogP contribution >= 0.6 is 11.3 Å². The van der Waals surface area contributed by atoms with Crippen LogP contribution in [0.25, 0.3) is 10.2 Å². The minimum Gasteiger partial charge on any atom is -0.351 e. The third-order valence-electron chi connectivity index (χ3n) is 4.04. The molecule has 1 fully saturated rings. The van der Waals surface area contributed by atoms with Crippen LogP contribution in [0.5, 0.6) is 0 Å². The number of thiophene rings is 1. The molecule has 5 nitrogen and oxygen atoms in total. The lowest BCUT2D eigenvalue weighted by atomic mass is 9.87. The molecule has 1 aliphatic rings. The first-order valence-electron chi connectivity index (χ1n) is 7.45. The van der Waals surface area contributed by atoms with Crippen molar-refractivity contribution in [3.63, 3.8) is 0 Å². The van der Waals surface area contributed by atoms with Crippen molar-refractivity contribution < 1.29 is 4.79 Å². The minimum atomic E-state index is -0.129. The van der Waals surface area contributed by atoms with E-state index in [1.54, 1.807) is 0 Å². The molecule has 6 heteroatoms. The highest BCUT2D eigenvalue weighted by molar-refractivity contribution is 7.18. The Morgan fingerprint density at radius 3 is 2.95 bits per heavy atom. The summed E-state index contributed by atoms with van der Waals surface area (Å²) in [6.07, 6.45) is 8.20. The zero-order chi connectivity index (χ0) is 14.7. The number of amides is 1. The van der Waals surface area contributed by atoms with Crippen LogP contribution in [0.2, 0.25) is 0 Å². The van der Waals surface area contributed by atoms with Gasteiger partial charge in [-0.15, -0.1) is 11.3 Å². The van der Waals surface area contributed by atoms with Gasteiger partial charge in [0.15, 0.2) is 0 Å². The zero-order valence-electron chi connectivity index (χ0n) is 11.9. The van der Waals surface area contributed by atoms with Crippen molar-refractivity contribution >= 4 is 27.5 Å². The van der Waals surface area contributed by atoms with Crippen LogP contribution in [0.1, 0.15) is 43.4 Å². The van der Waals surface area contributed by atoms with Gasteiger partial charge in [-0.3, -0.25) is 9.59 Å². The van der Waals surface area contributed by atoms with E-state index in [1.807, 2.05) is 6.07 Å². The van der Waals surface area contributed by atoms with Crippen LogP contribution in [-0.2, 0) is 11.3 Å². The first kappa shape index (κ1) is 14.3. The van der Waals surface area contributed by atoms with Crippen LogP contribution in [0.4, 0.5) is 0 Å². The molecule has 0 radical (unpaired) electrons. The molecule has 0 saturated heterocycles. The number of nitrogens with zero attached hydrogens (tertiary/aromatic N) is 1. The van der Waals surface area contributed by atoms with E-state index in [-0.39, 0.29) is 11.5 Å². The fraction of sp³-hybridized carbons (Fsp3) is 0.533. The number of carbonyl (C=O) groups is 1. The number of aromatic nitrogens is 2. The molecule has 0 unspecified atom stereocenters. The minimum absolute atomic E-state index is 0.112. The van der Waals surface area contributed by atoms with Crippen LogP contribution in [0, 0.1) is 5.92 Å². The van der Waals surface area contributed by atoms with E-state index in [1.165, 1.54) is 49.8 Å². The van der Waals surface area contributed by atoms with Gasteiger partial charge in [-0.05, 0) is 24.8 Å². The van der Waals surface area contributed by atoms with Gasteiger partial charge in [0, 0.05) is 11.3 Å². The predicted molar refractivity (Wildman–Crippen MR) is 83.3 cm³/mol. The Hall–Kier alpha value is -1.69. The second kappa shape index (κ2) is 6.39. The van der Waals surface area contributed by atoms with Crippen molar-refractivity contribution in [2.24, 2.45) is 5.92 Å². The van der Waals surface area contributed by atoms with Gasteiger partial charge >= 0.3 is 0 Å². The number of fused-ring (bicyclic) bond motifs is 1. The highest BCUT2D eigenvalue weighted by Crippen LogP contribution is 2.26. The number of hydrogen-bond donors (Lipinski definition) is 2. The Bertz CT molecular complexity index is 686. The van der Waals surface area contributed by atoms with Crippen molar-refractivity contribution in [2.75, 3.05) is 0 Å². The number of nitrogens with one attached hydrogen (secondary N) is 2. The molecule has 2 heterocycles. The molecule has 2 aromatic heterocycles. The molecule has 112 valence electrons. The molecule has 2 N–H and O–H groups in total. The topological polar surface area (TPSA) is 74.8 Å². The van der Waals surface area contributed by atoms with Crippen molar-refractivity contribution in [2.45, 2.75) is 45.1 Å². The molecule has 2 aromatic rings. The molecule has 1 saturated carbocycles. The maximum Gasteiger partial charge on any atom is 0.259 e. The molecule has 1 amide bonds. The molecular weight excluding hydrogens is 286 g/mol. The van der Waals surface area contributed by atoms with E-state index < -0.39 is 0 Å². The number of H-pyrrole nitrogens is 1. The van der Waals surface area contributed by atoms with Gasteiger partial charge in [-0.25, -0.2) is 4.98 Å². The van der Waals surface area contributed by atoms with Gasteiger partial charge in [0.25, 0.3) is 5.56 Å². The van der Waals surface area contributed by atoms with Gasteiger partial charge in [0.1, 0.15) is 4.83 Å². The molecule has 0 aromatic carbocycles. The van der Waals surface area contributed by atoms with E-state index >= 15 is 0 Å². The van der Waals surface area contributed by atoms with Gasteiger partial charge < -0.3 is 10.3 Å². The molecule has 21 heavy (non-hydrogen) atoms. The Balaban J connectivity index is 1.57. The average Bonchev–Trinajstić information content (AvgIpc) is 2.91. The van der Waals surface area contributed by atoms with Gasteiger partial charge in [0.05, 0.1) is 18.3 Å². The Labute approximate surface area is 126 Å². The summed E-state index contributed by atoms with van der Waals surface area (Å²) in [6.45, 7) is 0.478. The standard InChI is InChI=1S/C15H19N3O2S/c19-13(6-10-4-2-1-3-5-10)16-8-11-7-12-14(20)17-9-18-15(12)21-11/h7,9-10H,1-6,8H2,(H,16,19)(H,17,18,20). The lowest BCUT2D eigenvalue weighted by molar-refractivity contribution is -0.122. The Kier molecular flexibility index (Phi) is 4.34. The van der Waals surface area contributed by atoms with Crippen LogP contribution in [0.3, 0.4) is 0 Å². The number of aromatic amines is 1. The lowest BCUT2D eigenvalue weighted by Gasteiger charge is -2.20. The zero-order valence-corrected chi connectivity index (χ0v) is 12.7. The van der Waals surface area contributed by atoms with E-state index in [0.717, 1.165) is 9.71 Å². The first-order valence-corrected chi connectivity index (χ1v) is 8.27. The number of rotatable bonds is 4. The SMILES string of the molecule is O=C(CC1CCCCC1)NCc1cc2c(=O)[nH]cnc2s1. The molecule has 0 atom stereocenters. The van der Waals surface area contributed by atoms with Crippen molar-refractivity contribution in [3.8, 4) is 0 Å². The van der Waals surface area contributed by atoms with E-state index in [9.17, 15) is 9.59 Å². The Morgan fingerprint density at radius 1 is 1.38 bits per heavy atom. The maximum absolute atomic E-state index is 12.0. The largest absolute Gasteiger partial charge is 0.351 e. The van der Waals surface area contributed by atoms with Crippen LogP contribution < -0.4 is 10.9 Å². The lowest BCUT2D eigenvalue weighted by Crippen LogP contribution is -2.25. The fourth-order valence-corrected chi connectivity index (χ4v) is 3.85. The molecular formula is C15H19N3O2S. The first-order chi connectivity index (χ1) is 10.2. The highest BCUT2D eigenvalue weighted by Gasteiger charge is 2.17. The van der Waals surface area contributed by atoms with E-state index in [0.29, 0.717) is 24.3 Å². The predicted octanol–water partition coefficient (Wildman–Crippen LogP) is 2.57. The molecule has 0 bridgehead atoms. The summed E-state index contributed by atoms with van der Waals surface area (Å²) in [4.78, 5) is 32.0. The van der Waals surface area contributed by atoms with Crippen molar-refractivity contribution in [3.05, 3.63) is 27.6 Å². The van der Waals surface area contributed by atoms with Gasteiger partial charge in [-0.2, -0.15) is 0 Å². The second-order valence-electron chi connectivity index (χ2n) is 5.65. The molecule has 3 rings (SSSR count). The number of carbonyl (C=O) groups excluding carboxylic acids is 1. The molecule has 0 spiro atoms. The summed E-state index contributed by atoms with van der Waals surface area (Å²) in [5.41, 5.74) is -0.129. The second-order valence-corrected chi connectivity index (χ2v) is 6.76. The third-order valence-corrected chi connectivity index (χ3v) is 5.09. The van der Waals surface area contributed by atoms with Crippen molar-refractivity contribution in [1.29, 1.82) is 0 Å². The summed E-state index contributed by atoms with van der Waals surface area (Å²) in [5.74, 6) is 0.659. The van der Waals surface area contributed by atoms with Crippen molar-refractivity contribution in [1.82, 2.24) is 15.3 Å². The van der Waals surface area contributed by atoms with Crippen LogP contribution in [-0.4, -0.2) is 15.9 Å². The maximum atomic E-state index is 12.0. The monoisotopic (exact) mass is 305 g/mol. The summed E-state index contributed by atoms with van der Waals surface area (Å²) in [5, 5.41) is 3.55. The summed E-state index contributed by atoms with van der Waals surface area (Å²) in [6, 6.07) is 1.81. The summed E-state index contributed by atoms with van der Waals surface area (Å²) >= 11 is 1.45. The summed E-state index contributed by atoms with van der Waals surface area (Å²) in [7, 11) is 0. The molecule has 0 aliphatic heterocycles. The number of hydrogen-bond acceptors (Lipinski definition) is 4. The normalized spacial score (nSPS) is 16.2. The highest BCUT2D eigenvalue weighted by atomic mass is 32.1. The fourth-order valence-electron chi connectivity index (χ4n) is 2.92. The van der Waals surface area contributed by atoms with Gasteiger partial charge in [-0.1, -0.05) is 19.3 Å². The summed E-state index contributed by atoms with van der Waals surface area (Å²) < 4.78 is 0. The molecule has 1 aliphatic carbocycles. The van der Waals surface area contributed by atoms with Crippen LogP contribution in [0.15, 0.2) is 17.2 Å². The van der Waals surface area contributed by atoms with E-state index in [2.05, 4.69) is 15.3 Å². The Morgan fingerprint density at radius 2 is 2.19 bits per heavy atom. The average molecular weight is 305 g/mol. The smallest absolute Gasteiger partial charge is 0.259 e. The quantitative estimate of drug-likeness (QED) is 0.911. The third kappa shape index (κ3) is 3.50. The van der Waals surface area contributed by atoms with Gasteiger partial charge in [0.2, 0.25) is 5.91 Å². The van der Waals surface area contributed by atoms with E-state index in [4.69, 9.17) is 0 Å².